The number of amides is 1. The van der Waals surface area contributed by atoms with Crippen LogP contribution in [0.4, 0.5) is 9.18 Å². The second-order valence-electron chi connectivity index (χ2n) is 6.95. The van der Waals surface area contributed by atoms with Crippen LogP contribution in [-0.4, -0.2) is 6.09 Å². The van der Waals surface area contributed by atoms with Gasteiger partial charge < -0.3 is 15.3 Å². The zero-order valence-corrected chi connectivity index (χ0v) is 15.7. The Kier molecular flexibility index (Phi) is 5.59. The maximum Gasteiger partial charge on any atom is 0.408 e. The van der Waals surface area contributed by atoms with E-state index in [0.717, 1.165) is 11.1 Å². The molecule has 0 aliphatic heterocycles. The van der Waals surface area contributed by atoms with E-state index in [1.807, 2.05) is 44.2 Å². The Morgan fingerprint density at radius 3 is 2.46 bits per heavy atom. The molecule has 0 atom stereocenters. The fourth-order valence-corrected chi connectivity index (χ4v) is 2.79. The third kappa shape index (κ3) is 4.65. The topological polar surface area (TPSA) is 65.3 Å². The van der Waals surface area contributed by atoms with Gasteiger partial charge in [-0.1, -0.05) is 30.3 Å². The minimum Gasteiger partial charge on any atom is -0.618 e. The van der Waals surface area contributed by atoms with E-state index in [0.29, 0.717) is 16.0 Å². The lowest BCUT2D eigenvalue weighted by molar-refractivity contribution is -0.593. The van der Waals surface area contributed by atoms with Gasteiger partial charge in [0.05, 0.1) is 5.54 Å². The van der Waals surface area contributed by atoms with Crippen molar-refractivity contribution in [3.8, 4) is 11.3 Å². The fourth-order valence-electron chi connectivity index (χ4n) is 2.79. The summed E-state index contributed by atoms with van der Waals surface area (Å²) in [4.78, 5) is 12.2. The highest BCUT2D eigenvalue weighted by atomic mass is 19.1. The smallest absolute Gasteiger partial charge is 0.408 e. The van der Waals surface area contributed by atoms with Gasteiger partial charge in [-0.3, -0.25) is 0 Å². The zero-order chi connectivity index (χ0) is 20.1. The zero-order valence-electron chi connectivity index (χ0n) is 15.7. The summed E-state index contributed by atoms with van der Waals surface area (Å²) >= 11 is 0. The van der Waals surface area contributed by atoms with E-state index in [1.165, 1.54) is 30.5 Å². The first-order valence-corrected chi connectivity index (χ1v) is 8.84. The number of hydrogen-bond acceptors (Lipinski definition) is 3. The van der Waals surface area contributed by atoms with Gasteiger partial charge in [0.15, 0.2) is 6.20 Å². The highest BCUT2D eigenvalue weighted by Crippen LogP contribution is 2.24. The molecule has 0 bridgehead atoms. The number of pyridine rings is 1. The molecule has 1 N–H and O–H groups in total. The lowest BCUT2D eigenvalue weighted by Crippen LogP contribution is -2.42. The molecule has 0 aliphatic carbocycles. The van der Waals surface area contributed by atoms with Crippen LogP contribution in [0.3, 0.4) is 0 Å². The number of carbonyl (C=O) groups is 1. The highest BCUT2D eigenvalue weighted by molar-refractivity contribution is 5.69. The average Bonchev–Trinajstić information content (AvgIpc) is 2.68. The van der Waals surface area contributed by atoms with Gasteiger partial charge in [-0.05, 0) is 49.2 Å². The van der Waals surface area contributed by atoms with Crippen molar-refractivity contribution in [2.75, 3.05) is 0 Å². The van der Waals surface area contributed by atoms with E-state index >= 15 is 0 Å². The van der Waals surface area contributed by atoms with Gasteiger partial charge in [0, 0.05) is 17.7 Å². The van der Waals surface area contributed by atoms with Gasteiger partial charge in [-0.15, -0.1) is 0 Å². The Hall–Kier alpha value is -3.41. The first-order chi connectivity index (χ1) is 13.3. The van der Waals surface area contributed by atoms with Crippen LogP contribution in [0.5, 0.6) is 0 Å². The first kappa shape index (κ1) is 19.4. The van der Waals surface area contributed by atoms with Crippen molar-refractivity contribution in [2.45, 2.75) is 26.0 Å². The quantitative estimate of drug-likeness (QED) is 0.530. The molecule has 1 aromatic heterocycles. The van der Waals surface area contributed by atoms with Crippen LogP contribution in [0.25, 0.3) is 11.3 Å². The molecular formula is C22H21FN2O3. The molecular weight excluding hydrogens is 359 g/mol. The second kappa shape index (κ2) is 8.08. The summed E-state index contributed by atoms with van der Waals surface area (Å²) in [6.45, 7) is 3.80. The van der Waals surface area contributed by atoms with E-state index in [2.05, 4.69) is 5.32 Å². The SMILES string of the molecule is CC(C)(NC(=O)OCc1ccccc1)c1cc[n+]([O-])c(-c2ccc(F)cc2)c1. The summed E-state index contributed by atoms with van der Waals surface area (Å²) in [6.07, 6.45) is 0.809. The molecule has 0 fully saturated rings. The number of nitrogens with zero attached hydrogens (tertiary/aromatic N) is 1. The summed E-state index contributed by atoms with van der Waals surface area (Å²) in [5, 5.41) is 15.0. The lowest BCUT2D eigenvalue weighted by Gasteiger charge is -2.26. The number of hydrogen-bond donors (Lipinski definition) is 1. The number of halogens is 1. The fraction of sp³-hybridized carbons (Fsp3) is 0.182. The van der Waals surface area contributed by atoms with Crippen LogP contribution in [0.2, 0.25) is 0 Å². The minimum absolute atomic E-state index is 0.166. The Balaban J connectivity index is 1.74. The normalized spacial score (nSPS) is 11.1. The lowest BCUT2D eigenvalue weighted by atomic mass is 9.94. The van der Waals surface area contributed by atoms with E-state index in [-0.39, 0.29) is 12.4 Å². The highest BCUT2D eigenvalue weighted by Gasteiger charge is 2.26. The molecule has 0 saturated carbocycles. The van der Waals surface area contributed by atoms with Crippen molar-refractivity contribution in [1.82, 2.24) is 5.32 Å². The summed E-state index contributed by atoms with van der Waals surface area (Å²) in [5.41, 5.74) is 1.78. The van der Waals surface area contributed by atoms with Crippen LogP contribution >= 0.6 is 0 Å². The summed E-state index contributed by atoms with van der Waals surface area (Å²) < 4.78 is 19.2. The molecule has 0 spiro atoms. The largest absolute Gasteiger partial charge is 0.618 e. The van der Waals surface area contributed by atoms with Crippen molar-refractivity contribution in [3.05, 3.63) is 95.1 Å². The Labute approximate surface area is 163 Å². The van der Waals surface area contributed by atoms with Gasteiger partial charge in [-0.25, -0.2) is 9.18 Å². The van der Waals surface area contributed by atoms with Crippen molar-refractivity contribution in [3.63, 3.8) is 0 Å². The maximum absolute atomic E-state index is 13.2. The molecule has 0 saturated heterocycles. The molecule has 3 rings (SSSR count). The molecule has 0 unspecified atom stereocenters. The third-order valence-corrected chi connectivity index (χ3v) is 4.41. The van der Waals surface area contributed by atoms with Crippen LogP contribution in [-0.2, 0) is 16.9 Å². The van der Waals surface area contributed by atoms with Crippen molar-refractivity contribution < 1.29 is 18.7 Å². The van der Waals surface area contributed by atoms with Gasteiger partial charge in [-0.2, -0.15) is 4.73 Å². The van der Waals surface area contributed by atoms with E-state index in [9.17, 15) is 14.4 Å². The van der Waals surface area contributed by atoms with E-state index in [4.69, 9.17) is 4.74 Å². The Morgan fingerprint density at radius 2 is 1.79 bits per heavy atom. The predicted molar refractivity (Wildman–Crippen MR) is 104 cm³/mol. The number of carbonyl (C=O) groups excluding carboxylic acids is 1. The molecule has 144 valence electrons. The molecule has 5 nitrogen and oxygen atoms in total. The maximum atomic E-state index is 13.2. The Morgan fingerprint density at radius 1 is 1.11 bits per heavy atom. The van der Waals surface area contributed by atoms with Crippen molar-refractivity contribution in [1.29, 1.82) is 0 Å². The molecule has 1 amide bonds. The minimum atomic E-state index is -0.781. The van der Waals surface area contributed by atoms with Gasteiger partial charge in [0.1, 0.15) is 12.4 Å². The van der Waals surface area contributed by atoms with Crippen LogP contribution in [0.1, 0.15) is 25.0 Å². The molecule has 3 aromatic rings. The monoisotopic (exact) mass is 380 g/mol. The first-order valence-electron chi connectivity index (χ1n) is 8.84. The molecule has 28 heavy (non-hydrogen) atoms. The second-order valence-corrected chi connectivity index (χ2v) is 6.95. The van der Waals surface area contributed by atoms with Crippen molar-refractivity contribution in [2.24, 2.45) is 0 Å². The van der Waals surface area contributed by atoms with Gasteiger partial charge >= 0.3 is 6.09 Å². The van der Waals surface area contributed by atoms with Crippen molar-refractivity contribution >= 4 is 6.09 Å². The summed E-state index contributed by atoms with van der Waals surface area (Å²) in [6, 6.07) is 18.4. The van der Waals surface area contributed by atoms with E-state index < -0.39 is 11.6 Å². The number of nitrogens with one attached hydrogen (secondary N) is 1. The average molecular weight is 380 g/mol. The molecule has 6 heteroatoms. The standard InChI is InChI=1S/C22H21FN2O3/c1-22(2,24-21(26)28-15-16-6-4-3-5-7-16)18-12-13-25(27)20(14-18)17-8-10-19(23)11-9-17/h3-14H,15H2,1-2H3,(H,24,26). The third-order valence-electron chi connectivity index (χ3n) is 4.41. The Bertz CT molecular complexity index is 957. The van der Waals surface area contributed by atoms with E-state index in [1.54, 1.807) is 12.1 Å². The van der Waals surface area contributed by atoms with Crippen LogP contribution in [0, 0.1) is 11.0 Å². The molecule has 2 aromatic carbocycles. The summed E-state index contributed by atoms with van der Waals surface area (Å²) in [7, 11) is 0. The molecule has 1 heterocycles. The number of ether oxygens (including phenoxy) is 1. The van der Waals surface area contributed by atoms with Crippen LogP contribution < -0.4 is 10.0 Å². The number of rotatable bonds is 5. The summed E-state index contributed by atoms with van der Waals surface area (Å²) in [5.74, 6) is -0.375. The van der Waals surface area contributed by atoms with Gasteiger partial charge in [0.25, 0.3) is 0 Å². The predicted octanol–water partition coefficient (Wildman–Crippen LogP) is 4.29. The molecule has 0 radical (unpaired) electrons. The van der Waals surface area contributed by atoms with Gasteiger partial charge in [0.2, 0.25) is 5.69 Å². The number of alkyl carbamates (subject to hydrolysis) is 1. The number of aromatic nitrogens is 1. The number of benzene rings is 2. The van der Waals surface area contributed by atoms with Crippen LogP contribution in [0.15, 0.2) is 72.9 Å². The molecule has 0 aliphatic rings.